The summed E-state index contributed by atoms with van der Waals surface area (Å²) in [6.07, 6.45) is 0. The maximum atomic E-state index is 5.28. The van der Waals surface area contributed by atoms with E-state index in [-0.39, 0.29) is 46.8 Å². The molecule has 0 aliphatic heterocycles. The number of hydrogen-bond donors (Lipinski definition) is 0. The Morgan fingerprint density at radius 1 is 1.27 bits per heavy atom. The predicted octanol–water partition coefficient (Wildman–Crippen LogP) is -1.59. The van der Waals surface area contributed by atoms with Crippen LogP contribution < -0.4 is 26.5 Å². The molecule has 0 bridgehead atoms. The zero-order chi connectivity index (χ0) is 9.68. The summed E-state index contributed by atoms with van der Waals surface area (Å²) in [5, 5.41) is 0. The van der Waals surface area contributed by atoms with Gasteiger partial charge in [-0.25, -0.2) is 0 Å². The number of rotatable bonds is 4. The first-order valence-electron chi connectivity index (χ1n) is 3.96. The molecule has 0 radical (unpaired) electrons. The number of ether oxygens (including phenoxy) is 3. The average Bonchev–Trinajstić information content (AvgIpc) is 2.15. The molecule has 0 heterocycles. The minimum Gasteiger partial charge on any atom is -1.00 e. The van der Waals surface area contributed by atoms with Crippen molar-refractivity contribution in [2.75, 3.05) is 21.0 Å². The van der Waals surface area contributed by atoms with Crippen molar-refractivity contribution in [1.29, 1.82) is 0 Å². The smallest absolute Gasteiger partial charge is 1.00 e. The predicted molar refractivity (Wildman–Crippen MR) is 54.8 cm³/mol. The van der Waals surface area contributed by atoms with Crippen LogP contribution >= 0.6 is 0 Å². The largest absolute Gasteiger partial charge is 2.00 e. The fourth-order valence-electron chi connectivity index (χ4n) is 1.06. The Balaban J connectivity index is 0. The summed E-state index contributed by atoms with van der Waals surface area (Å²) in [5.74, 6) is 1.39. The SMILES string of the molecule is COCOc1c[c-]cc(C)c1OC.[Br-].[Mg+2]. The van der Waals surface area contributed by atoms with Gasteiger partial charge in [-0.15, -0.1) is 11.6 Å². The van der Waals surface area contributed by atoms with Crippen LogP contribution in [0.3, 0.4) is 0 Å². The fourth-order valence-corrected chi connectivity index (χ4v) is 1.06. The van der Waals surface area contributed by atoms with Gasteiger partial charge >= 0.3 is 23.1 Å². The summed E-state index contributed by atoms with van der Waals surface area (Å²) in [5.41, 5.74) is 0.996. The molecule has 3 nitrogen and oxygen atoms in total. The van der Waals surface area contributed by atoms with Crippen LogP contribution in [0.4, 0.5) is 0 Å². The molecule has 0 saturated heterocycles. The van der Waals surface area contributed by atoms with Gasteiger partial charge in [0.25, 0.3) is 0 Å². The summed E-state index contributed by atoms with van der Waals surface area (Å²) in [6.45, 7) is 2.16. The maximum Gasteiger partial charge on any atom is 2.00 e. The standard InChI is InChI=1S/C10H13O3.BrH.Mg/c1-8-5-4-6-9(10(8)12-3)13-7-11-2;;/h5-6H,7H2,1-3H3;1H;/q-1;;+2/p-1. The second kappa shape index (κ2) is 9.27. The van der Waals surface area contributed by atoms with E-state index in [1.54, 1.807) is 20.3 Å². The minimum atomic E-state index is 0. The second-order valence-electron chi connectivity index (χ2n) is 2.59. The summed E-state index contributed by atoms with van der Waals surface area (Å²) >= 11 is 0. The van der Waals surface area contributed by atoms with Gasteiger partial charge in [-0.3, -0.25) is 0 Å². The van der Waals surface area contributed by atoms with Crippen LogP contribution in [0.25, 0.3) is 0 Å². The van der Waals surface area contributed by atoms with Crippen LogP contribution in [0, 0.1) is 13.0 Å². The monoisotopic (exact) mass is 284 g/mol. The second-order valence-corrected chi connectivity index (χ2v) is 2.59. The third-order valence-corrected chi connectivity index (χ3v) is 1.63. The van der Waals surface area contributed by atoms with E-state index in [1.807, 2.05) is 13.0 Å². The van der Waals surface area contributed by atoms with Crippen molar-refractivity contribution in [3.8, 4) is 11.5 Å². The molecule has 1 aromatic carbocycles. The van der Waals surface area contributed by atoms with E-state index in [1.165, 1.54) is 0 Å². The summed E-state index contributed by atoms with van der Waals surface area (Å²) in [6, 6.07) is 6.53. The topological polar surface area (TPSA) is 27.7 Å². The van der Waals surface area contributed by atoms with Crippen molar-refractivity contribution in [2.45, 2.75) is 6.92 Å². The molecule has 0 aliphatic carbocycles. The normalized spacial score (nSPS) is 8.47. The third kappa shape index (κ3) is 5.06. The van der Waals surface area contributed by atoms with Gasteiger partial charge in [0, 0.05) is 7.11 Å². The molecule has 0 unspecified atom stereocenters. The van der Waals surface area contributed by atoms with Gasteiger partial charge in [0.15, 0.2) is 6.79 Å². The Labute approximate surface area is 117 Å². The molecule has 0 aliphatic rings. The van der Waals surface area contributed by atoms with Gasteiger partial charge in [0.2, 0.25) is 0 Å². The van der Waals surface area contributed by atoms with Gasteiger partial charge < -0.3 is 31.2 Å². The van der Waals surface area contributed by atoms with Crippen molar-refractivity contribution in [3.05, 3.63) is 23.8 Å². The van der Waals surface area contributed by atoms with Crippen molar-refractivity contribution < 1.29 is 31.2 Å². The molecular formula is C10H13BrMgO3. The first kappa shape index (κ1) is 17.4. The molecule has 80 valence electrons. The number of methoxy groups -OCH3 is 2. The average molecular weight is 285 g/mol. The number of benzene rings is 1. The minimum absolute atomic E-state index is 0. The molecule has 15 heavy (non-hydrogen) atoms. The number of aryl methyl sites for hydroxylation is 1. The van der Waals surface area contributed by atoms with Crippen LogP contribution in [0.1, 0.15) is 5.56 Å². The quantitative estimate of drug-likeness (QED) is 0.379. The molecular weight excluding hydrogens is 272 g/mol. The van der Waals surface area contributed by atoms with Gasteiger partial charge in [0.05, 0.1) is 18.6 Å². The molecule has 0 N–H and O–H groups in total. The Bertz CT molecular complexity index is 281. The van der Waals surface area contributed by atoms with Crippen LogP contribution in [0.5, 0.6) is 11.5 Å². The Morgan fingerprint density at radius 3 is 2.47 bits per heavy atom. The number of hydrogen-bond acceptors (Lipinski definition) is 3. The van der Waals surface area contributed by atoms with Crippen molar-refractivity contribution in [1.82, 2.24) is 0 Å². The van der Waals surface area contributed by atoms with Gasteiger partial charge in [-0.1, -0.05) is 6.92 Å². The van der Waals surface area contributed by atoms with Crippen molar-refractivity contribution in [2.24, 2.45) is 0 Å². The molecule has 0 amide bonds. The van der Waals surface area contributed by atoms with Gasteiger partial charge in [0.1, 0.15) is 0 Å². The fraction of sp³-hybridized carbons (Fsp3) is 0.400. The maximum absolute atomic E-state index is 5.28. The van der Waals surface area contributed by atoms with Crippen LogP contribution in [0.15, 0.2) is 12.1 Å². The van der Waals surface area contributed by atoms with Crippen LogP contribution in [-0.2, 0) is 4.74 Å². The Hall–Kier alpha value is 0.0262. The molecule has 0 fully saturated rings. The summed E-state index contributed by atoms with van der Waals surface area (Å²) < 4.78 is 15.2. The molecule has 1 rings (SSSR count). The zero-order valence-corrected chi connectivity index (χ0v) is 12.2. The zero-order valence-electron chi connectivity index (χ0n) is 9.17. The molecule has 0 spiro atoms. The van der Waals surface area contributed by atoms with E-state index in [0.29, 0.717) is 5.75 Å². The van der Waals surface area contributed by atoms with E-state index in [9.17, 15) is 0 Å². The Kier molecular flexibility index (Phi) is 10.8. The summed E-state index contributed by atoms with van der Waals surface area (Å²) in [4.78, 5) is 0. The van der Waals surface area contributed by atoms with Crippen molar-refractivity contribution in [3.63, 3.8) is 0 Å². The van der Waals surface area contributed by atoms with E-state index in [0.717, 1.165) is 11.3 Å². The van der Waals surface area contributed by atoms with E-state index < -0.39 is 0 Å². The van der Waals surface area contributed by atoms with E-state index in [2.05, 4.69) is 6.07 Å². The Morgan fingerprint density at radius 2 is 1.93 bits per heavy atom. The molecule has 0 aromatic heterocycles. The third-order valence-electron chi connectivity index (χ3n) is 1.63. The van der Waals surface area contributed by atoms with Crippen LogP contribution in [-0.4, -0.2) is 44.1 Å². The van der Waals surface area contributed by atoms with Crippen LogP contribution in [0.2, 0.25) is 0 Å². The number of halogens is 1. The van der Waals surface area contributed by atoms with E-state index >= 15 is 0 Å². The first-order valence-corrected chi connectivity index (χ1v) is 3.96. The molecule has 5 heteroatoms. The first-order chi connectivity index (χ1) is 6.29. The van der Waals surface area contributed by atoms with Gasteiger partial charge in [-0.05, 0) is 0 Å². The molecule has 0 atom stereocenters. The van der Waals surface area contributed by atoms with Crippen molar-refractivity contribution >= 4 is 23.1 Å². The van der Waals surface area contributed by atoms with E-state index in [4.69, 9.17) is 14.2 Å². The molecule has 0 saturated carbocycles. The molecule has 1 aromatic rings. The summed E-state index contributed by atoms with van der Waals surface area (Å²) in [7, 11) is 3.19. The van der Waals surface area contributed by atoms with Gasteiger partial charge in [-0.2, -0.15) is 12.1 Å².